The van der Waals surface area contributed by atoms with Gasteiger partial charge in [0.05, 0.1) is 12.7 Å². The van der Waals surface area contributed by atoms with Crippen LogP contribution >= 0.6 is 11.8 Å². The molecule has 0 saturated heterocycles. The Kier molecular flexibility index (Phi) is 6.19. The zero-order chi connectivity index (χ0) is 19.4. The number of nitrogens with zero attached hydrogens (tertiary/aromatic N) is 1. The van der Waals surface area contributed by atoms with Crippen molar-refractivity contribution in [2.75, 3.05) is 36.6 Å². The average molecular weight is 385 g/mol. The first-order valence-corrected chi connectivity index (χ1v) is 10.4. The smallest absolute Gasteiger partial charge is 0.284 e. The van der Waals surface area contributed by atoms with Gasteiger partial charge < -0.3 is 15.1 Å². The van der Waals surface area contributed by atoms with Crippen molar-refractivity contribution in [3.8, 4) is 0 Å². The molecular formula is C21H26N3O2S+. The number of likely N-dealkylation sites (N-methyl/N-ethyl adjacent to an activating group) is 1. The maximum Gasteiger partial charge on any atom is 0.284 e. The van der Waals surface area contributed by atoms with Gasteiger partial charge in [-0.15, -0.1) is 11.8 Å². The van der Waals surface area contributed by atoms with Crippen LogP contribution in [-0.4, -0.2) is 44.2 Å². The molecule has 3 rings (SSSR count). The molecule has 6 heteroatoms. The predicted octanol–water partition coefficient (Wildman–Crippen LogP) is 1.84. The van der Waals surface area contributed by atoms with Crippen molar-refractivity contribution >= 4 is 35.0 Å². The molecule has 1 heterocycles. The number of hydrogen-bond acceptors (Lipinski definition) is 3. The largest absolute Gasteiger partial charge is 0.320 e. The molecule has 142 valence electrons. The summed E-state index contributed by atoms with van der Waals surface area (Å²) in [5, 5.41) is 2.97. The summed E-state index contributed by atoms with van der Waals surface area (Å²) in [5.74, 6) is -0.0229. The van der Waals surface area contributed by atoms with Crippen LogP contribution in [0.2, 0.25) is 0 Å². The fraction of sp³-hybridized carbons (Fsp3) is 0.333. The second kappa shape index (κ2) is 8.59. The summed E-state index contributed by atoms with van der Waals surface area (Å²) in [7, 11) is 1.89. The molecule has 0 radical (unpaired) electrons. The molecule has 1 unspecified atom stereocenters. The van der Waals surface area contributed by atoms with Gasteiger partial charge in [0, 0.05) is 17.1 Å². The topological polar surface area (TPSA) is 53.9 Å². The molecule has 2 aromatic carbocycles. The third kappa shape index (κ3) is 4.34. The number of rotatable bonds is 6. The summed E-state index contributed by atoms with van der Waals surface area (Å²) in [6.07, 6.45) is 2.87. The van der Waals surface area contributed by atoms with Gasteiger partial charge in [-0.2, -0.15) is 0 Å². The Morgan fingerprint density at radius 2 is 1.89 bits per heavy atom. The molecule has 0 saturated carbocycles. The molecule has 5 nitrogen and oxygen atoms in total. The number of quaternary nitrogens is 1. The van der Waals surface area contributed by atoms with Crippen molar-refractivity contribution in [2.24, 2.45) is 0 Å². The number of thioether (sulfide) groups is 1. The Labute approximate surface area is 164 Å². The van der Waals surface area contributed by atoms with Gasteiger partial charge in [0.2, 0.25) is 0 Å². The van der Waals surface area contributed by atoms with Gasteiger partial charge in [-0.05, 0) is 43.4 Å². The van der Waals surface area contributed by atoms with Crippen molar-refractivity contribution < 1.29 is 14.5 Å². The fourth-order valence-electron chi connectivity index (χ4n) is 3.36. The van der Waals surface area contributed by atoms with E-state index in [9.17, 15) is 9.59 Å². The highest BCUT2D eigenvalue weighted by molar-refractivity contribution is 7.98. The van der Waals surface area contributed by atoms with Crippen LogP contribution in [0, 0.1) is 0 Å². The second-order valence-electron chi connectivity index (χ2n) is 6.86. The third-order valence-corrected chi connectivity index (χ3v) is 5.88. The van der Waals surface area contributed by atoms with Crippen LogP contribution in [0.4, 0.5) is 11.4 Å². The van der Waals surface area contributed by atoms with E-state index < -0.39 is 0 Å². The van der Waals surface area contributed by atoms with Gasteiger partial charge in [-0.3, -0.25) is 9.59 Å². The summed E-state index contributed by atoms with van der Waals surface area (Å²) < 4.78 is 0. The quantitative estimate of drug-likeness (QED) is 0.748. The minimum atomic E-state index is -0.294. The summed E-state index contributed by atoms with van der Waals surface area (Å²) >= 11 is 1.60. The number of nitrogens with one attached hydrogen (secondary N) is 2. The Bertz CT molecular complexity index is 840. The van der Waals surface area contributed by atoms with Gasteiger partial charge in [0.25, 0.3) is 11.8 Å². The van der Waals surface area contributed by atoms with Crippen LogP contribution < -0.4 is 15.1 Å². The number of fused-ring (bicyclic) bond motifs is 1. The Hall–Kier alpha value is -2.31. The van der Waals surface area contributed by atoms with E-state index in [0.717, 1.165) is 27.6 Å². The van der Waals surface area contributed by atoms with E-state index in [1.807, 2.05) is 67.6 Å². The van der Waals surface area contributed by atoms with Crippen molar-refractivity contribution in [3.63, 3.8) is 0 Å². The Morgan fingerprint density at radius 3 is 2.67 bits per heavy atom. The minimum absolute atomic E-state index is 0.0646. The molecule has 2 N–H and O–H groups in total. The first-order chi connectivity index (χ1) is 13.0. The summed E-state index contributed by atoms with van der Waals surface area (Å²) in [5.41, 5.74) is 3.03. The second-order valence-corrected chi connectivity index (χ2v) is 7.71. The van der Waals surface area contributed by atoms with E-state index in [1.54, 1.807) is 11.8 Å². The van der Waals surface area contributed by atoms with Gasteiger partial charge >= 0.3 is 0 Å². The van der Waals surface area contributed by atoms with E-state index in [-0.39, 0.29) is 24.4 Å². The number of carbonyl (C=O) groups is 2. The average Bonchev–Trinajstić information content (AvgIpc) is 3.11. The molecule has 0 bridgehead atoms. The third-order valence-electron chi connectivity index (χ3n) is 5.08. The zero-order valence-electron chi connectivity index (χ0n) is 16.0. The number of amides is 2. The minimum Gasteiger partial charge on any atom is -0.320 e. The molecule has 1 aliphatic rings. The van der Waals surface area contributed by atoms with E-state index in [2.05, 4.69) is 11.4 Å². The van der Waals surface area contributed by atoms with Crippen molar-refractivity contribution in [3.05, 3.63) is 54.1 Å². The molecule has 1 aliphatic heterocycles. The molecule has 0 spiro atoms. The molecule has 2 aromatic rings. The van der Waals surface area contributed by atoms with Gasteiger partial charge in [0.15, 0.2) is 12.6 Å². The number of carbonyl (C=O) groups excluding carboxylic acids is 2. The molecule has 0 aromatic heterocycles. The summed E-state index contributed by atoms with van der Waals surface area (Å²) in [4.78, 5) is 29.2. The highest BCUT2D eigenvalue weighted by Gasteiger charge is 2.32. The lowest BCUT2D eigenvalue weighted by atomic mass is 10.2. The zero-order valence-corrected chi connectivity index (χ0v) is 16.8. The number of anilines is 2. The highest BCUT2D eigenvalue weighted by atomic mass is 32.2. The van der Waals surface area contributed by atoms with E-state index in [0.29, 0.717) is 6.54 Å². The Morgan fingerprint density at radius 1 is 1.19 bits per heavy atom. The number of para-hydroxylation sites is 2. The van der Waals surface area contributed by atoms with E-state index in [1.165, 1.54) is 5.56 Å². The molecular weight excluding hydrogens is 358 g/mol. The fourth-order valence-corrected chi connectivity index (χ4v) is 3.91. The van der Waals surface area contributed by atoms with Crippen LogP contribution in [0.5, 0.6) is 0 Å². The maximum absolute atomic E-state index is 13.0. The number of hydrogen-bond donors (Lipinski definition) is 2. The standard InChI is InChI=1S/C21H25N3O2S/c1-15(21(26)24-13-12-16-8-4-6-10-18(16)24)23(2)14-20(25)22-17-9-5-7-11-19(17)27-3/h4-11,15H,12-14H2,1-3H3,(H,22,25)/p+1/t15-/m0/s1. The summed E-state index contributed by atoms with van der Waals surface area (Å²) in [6.45, 7) is 2.84. The molecule has 27 heavy (non-hydrogen) atoms. The first kappa shape index (κ1) is 19.5. The van der Waals surface area contributed by atoms with Gasteiger partial charge in [0.1, 0.15) is 0 Å². The first-order valence-electron chi connectivity index (χ1n) is 9.15. The lowest BCUT2D eigenvalue weighted by molar-refractivity contribution is -0.885. The molecule has 0 fully saturated rings. The van der Waals surface area contributed by atoms with Crippen LogP contribution in [0.15, 0.2) is 53.4 Å². The SMILES string of the molecule is CSc1ccccc1NC(=O)C[NH+](C)[C@@H](C)C(=O)N1CCc2ccccc21. The Balaban J connectivity index is 1.61. The van der Waals surface area contributed by atoms with Crippen molar-refractivity contribution in [1.29, 1.82) is 0 Å². The van der Waals surface area contributed by atoms with Crippen LogP contribution in [0.3, 0.4) is 0 Å². The molecule has 2 amide bonds. The summed E-state index contributed by atoms with van der Waals surface area (Å²) in [6, 6.07) is 15.5. The van der Waals surface area contributed by atoms with E-state index in [4.69, 9.17) is 0 Å². The van der Waals surface area contributed by atoms with E-state index >= 15 is 0 Å². The normalized spacial score (nSPS) is 15.1. The molecule has 2 atom stereocenters. The van der Waals surface area contributed by atoms with Crippen LogP contribution in [-0.2, 0) is 16.0 Å². The van der Waals surface area contributed by atoms with Crippen LogP contribution in [0.1, 0.15) is 12.5 Å². The lowest BCUT2D eigenvalue weighted by Crippen LogP contribution is -3.15. The number of benzene rings is 2. The van der Waals surface area contributed by atoms with Crippen molar-refractivity contribution in [1.82, 2.24) is 0 Å². The predicted molar refractivity (Wildman–Crippen MR) is 111 cm³/mol. The van der Waals surface area contributed by atoms with Crippen LogP contribution in [0.25, 0.3) is 0 Å². The lowest BCUT2D eigenvalue weighted by Gasteiger charge is -2.25. The van der Waals surface area contributed by atoms with Crippen molar-refractivity contribution in [2.45, 2.75) is 24.3 Å². The maximum atomic E-state index is 13.0. The highest BCUT2D eigenvalue weighted by Crippen LogP contribution is 2.27. The van der Waals surface area contributed by atoms with Gasteiger partial charge in [-0.25, -0.2) is 0 Å². The molecule has 0 aliphatic carbocycles. The van der Waals surface area contributed by atoms with Gasteiger partial charge in [-0.1, -0.05) is 30.3 Å². The monoisotopic (exact) mass is 384 g/mol.